The Labute approximate surface area is 109 Å². The Balaban J connectivity index is 2.59. The first-order valence-electron chi connectivity index (χ1n) is 6.44. The standard InChI is InChI=1S/C12H23NO4S/c1-4-12(2,3)18(16,17)13-10-7-5-9(6-8-10)11(14)15/h9-10,13H,4-8H2,1-3H3,(H,14,15)/t9-,10-. The maximum absolute atomic E-state index is 12.1. The maximum Gasteiger partial charge on any atom is 0.306 e. The van der Waals surface area contributed by atoms with Gasteiger partial charge in [0, 0.05) is 6.04 Å². The highest BCUT2D eigenvalue weighted by molar-refractivity contribution is 7.90. The summed E-state index contributed by atoms with van der Waals surface area (Å²) in [7, 11) is -3.34. The molecule has 5 nitrogen and oxygen atoms in total. The number of rotatable bonds is 5. The van der Waals surface area contributed by atoms with Crippen LogP contribution in [0.5, 0.6) is 0 Å². The minimum atomic E-state index is -3.34. The average molecular weight is 277 g/mol. The van der Waals surface area contributed by atoms with Crippen molar-refractivity contribution in [3.05, 3.63) is 0 Å². The first-order chi connectivity index (χ1) is 8.19. The lowest BCUT2D eigenvalue weighted by atomic mass is 9.87. The van der Waals surface area contributed by atoms with Crippen molar-refractivity contribution >= 4 is 16.0 Å². The van der Waals surface area contributed by atoms with Crippen molar-refractivity contribution in [2.45, 2.75) is 63.7 Å². The molecule has 1 saturated carbocycles. The van der Waals surface area contributed by atoms with Gasteiger partial charge < -0.3 is 5.11 Å². The van der Waals surface area contributed by atoms with Crippen LogP contribution in [0.4, 0.5) is 0 Å². The third kappa shape index (κ3) is 3.45. The molecule has 1 fully saturated rings. The van der Waals surface area contributed by atoms with E-state index in [1.165, 1.54) is 0 Å². The molecule has 2 N–H and O–H groups in total. The number of nitrogens with one attached hydrogen (secondary N) is 1. The highest BCUT2D eigenvalue weighted by Gasteiger charge is 2.35. The van der Waals surface area contributed by atoms with Gasteiger partial charge in [-0.1, -0.05) is 6.92 Å². The van der Waals surface area contributed by atoms with E-state index in [0.717, 1.165) is 0 Å². The molecule has 0 heterocycles. The van der Waals surface area contributed by atoms with Gasteiger partial charge in [0.05, 0.1) is 10.7 Å². The summed E-state index contributed by atoms with van der Waals surface area (Å²) in [5.41, 5.74) is 0. The van der Waals surface area contributed by atoms with E-state index in [0.29, 0.717) is 32.1 Å². The summed E-state index contributed by atoms with van der Waals surface area (Å²) in [5.74, 6) is -1.09. The van der Waals surface area contributed by atoms with Crippen molar-refractivity contribution < 1.29 is 18.3 Å². The lowest BCUT2D eigenvalue weighted by Gasteiger charge is -2.31. The summed E-state index contributed by atoms with van der Waals surface area (Å²) >= 11 is 0. The Hall–Kier alpha value is -0.620. The molecule has 18 heavy (non-hydrogen) atoms. The SMILES string of the molecule is CCC(C)(C)S(=O)(=O)N[C@H]1CC[C@H](C(=O)O)CC1. The second kappa shape index (κ2) is 5.57. The van der Waals surface area contributed by atoms with Crippen molar-refractivity contribution in [3.8, 4) is 0 Å². The van der Waals surface area contributed by atoms with Gasteiger partial charge in [0.1, 0.15) is 0 Å². The molecule has 0 aromatic rings. The van der Waals surface area contributed by atoms with Gasteiger partial charge in [-0.25, -0.2) is 13.1 Å². The van der Waals surface area contributed by atoms with E-state index in [4.69, 9.17) is 5.11 Å². The highest BCUT2D eigenvalue weighted by atomic mass is 32.2. The van der Waals surface area contributed by atoms with Crippen LogP contribution < -0.4 is 4.72 Å². The molecule has 0 atom stereocenters. The van der Waals surface area contributed by atoms with Gasteiger partial charge in [0.25, 0.3) is 0 Å². The van der Waals surface area contributed by atoms with E-state index in [-0.39, 0.29) is 12.0 Å². The molecular formula is C12H23NO4S. The van der Waals surface area contributed by atoms with E-state index >= 15 is 0 Å². The average Bonchev–Trinajstić information content (AvgIpc) is 2.29. The molecule has 0 radical (unpaired) electrons. The van der Waals surface area contributed by atoms with Crippen LogP contribution >= 0.6 is 0 Å². The Kier molecular flexibility index (Phi) is 4.78. The molecule has 0 spiro atoms. The number of sulfonamides is 1. The molecule has 0 aromatic carbocycles. The normalized spacial score (nSPS) is 25.9. The predicted molar refractivity (Wildman–Crippen MR) is 69.8 cm³/mol. The molecule has 1 aliphatic carbocycles. The third-order valence-corrected chi connectivity index (χ3v) is 6.36. The van der Waals surface area contributed by atoms with Gasteiger partial charge in [-0.15, -0.1) is 0 Å². The predicted octanol–water partition coefficient (Wildman–Crippen LogP) is 1.74. The summed E-state index contributed by atoms with van der Waals surface area (Å²) in [6.07, 6.45) is 2.86. The second-order valence-electron chi connectivity index (χ2n) is 5.62. The smallest absolute Gasteiger partial charge is 0.306 e. The molecule has 0 bridgehead atoms. The zero-order chi connectivity index (χ0) is 14.0. The zero-order valence-corrected chi connectivity index (χ0v) is 12.1. The third-order valence-electron chi connectivity index (χ3n) is 3.98. The van der Waals surface area contributed by atoms with Crippen molar-refractivity contribution in [1.29, 1.82) is 0 Å². The second-order valence-corrected chi connectivity index (χ2v) is 7.97. The van der Waals surface area contributed by atoms with Gasteiger partial charge >= 0.3 is 5.97 Å². The Morgan fingerprint density at radius 1 is 1.28 bits per heavy atom. The van der Waals surface area contributed by atoms with Crippen LogP contribution in [0.25, 0.3) is 0 Å². The quantitative estimate of drug-likeness (QED) is 0.801. The maximum atomic E-state index is 12.1. The van der Waals surface area contributed by atoms with Crippen molar-refractivity contribution in [2.24, 2.45) is 5.92 Å². The molecule has 106 valence electrons. The van der Waals surface area contributed by atoms with E-state index in [1.807, 2.05) is 6.92 Å². The van der Waals surface area contributed by atoms with Gasteiger partial charge in [-0.3, -0.25) is 4.79 Å². The van der Waals surface area contributed by atoms with Crippen molar-refractivity contribution in [2.75, 3.05) is 0 Å². The summed E-state index contributed by atoms with van der Waals surface area (Å²) in [5, 5.41) is 8.89. The van der Waals surface area contributed by atoms with E-state index < -0.39 is 20.7 Å². The number of hydrogen-bond donors (Lipinski definition) is 2. The topological polar surface area (TPSA) is 83.5 Å². The molecular weight excluding hydrogens is 254 g/mol. The van der Waals surface area contributed by atoms with Crippen LogP contribution in [0, 0.1) is 5.92 Å². The molecule has 0 amide bonds. The molecule has 1 aliphatic rings. The number of carboxylic acids is 1. The fraction of sp³-hybridized carbons (Fsp3) is 0.917. The fourth-order valence-corrected chi connectivity index (χ4v) is 3.40. The lowest BCUT2D eigenvalue weighted by Crippen LogP contribution is -2.47. The number of carbonyl (C=O) groups is 1. The van der Waals surface area contributed by atoms with Gasteiger partial charge in [0.15, 0.2) is 0 Å². The van der Waals surface area contributed by atoms with Gasteiger partial charge in [-0.05, 0) is 46.0 Å². The van der Waals surface area contributed by atoms with Crippen LogP contribution in [0.15, 0.2) is 0 Å². The molecule has 0 saturated heterocycles. The van der Waals surface area contributed by atoms with Gasteiger partial charge in [0.2, 0.25) is 10.0 Å². The van der Waals surface area contributed by atoms with E-state index in [2.05, 4.69) is 4.72 Å². The first-order valence-corrected chi connectivity index (χ1v) is 7.92. The fourth-order valence-electron chi connectivity index (χ4n) is 2.03. The molecule has 0 aromatic heterocycles. The minimum absolute atomic E-state index is 0.114. The monoisotopic (exact) mass is 277 g/mol. The van der Waals surface area contributed by atoms with Crippen LogP contribution in [0.1, 0.15) is 52.9 Å². The molecule has 0 aliphatic heterocycles. The van der Waals surface area contributed by atoms with E-state index in [9.17, 15) is 13.2 Å². The first kappa shape index (κ1) is 15.4. The summed E-state index contributed by atoms with van der Waals surface area (Å²) in [4.78, 5) is 10.8. The highest BCUT2D eigenvalue weighted by Crippen LogP contribution is 2.27. The van der Waals surface area contributed by atoms with Crippen LogP contribution in [-0.2, 0) is 14.8 Å². The zero-order valence-electron chi connectivity index (χ0n) is 11.3. The Morgan fingerprint density at radius 3 is 2.17 bits per heavy atom. The lowest BCUT2D eigenvalue weighted by molar-refractivity contribution is -0.142. The minimum Gasteiger partial charge on any atom is -0.481 e. The Bertz CT molecular complexity index is 394. The Morgan fingerprint density at radius 2 is 1.78 bits per heavy atom. The van der Waals surface area contributed by atoms with Crippen LogP contribution in [0.3, 0.4) is 0 Å². The molecule has 6 heteroatoms. The summed E-state index contributed by atoms with van der Waals surface area (Å²) < 4.78 is 26.2. The van der Waals surface area contributed by atoms with Crippen LogP contribution in [-0.4, -0.2) is 30.3 Å². The number of hydrogen-bond acceptors (Lipinski definition) is 3. The van der Waals surface area contributed by atoms with E-state index in [1.54, 1.807) is 13.8 Å². The molecule has 0 unspecified atom stereocenters. The number of aliphatic carboxylic acids is 1. The van der Waals surface area contributed by atoms with Crippen molar-refractivity contribution in [3.63, 3.8) is 0 Å². The van der Waals surface area contributed by atoms with Crippen molar-refractivity contribution in [1.82, 2.24) is 4.72 Å². The number of carboxylic acid groups (broad SMARTS) is 1. The summed E-state index contributed by atoms with van der Waals surface area (Å²) in [6, 6.07) is -0.114. The largest absolute Gasteiger partial charge is 0.481 e. The van der Waals surface area contributed by atoms with Crippen LogP contribution in [0.2, 0.25) is 0 Å². The van der Waals surface area contributed by atoms with Gasteiger partial charge in [-0.2, -0.15) is 0 Å². The molecule has 1 rings (SSSR count). The summed E-state index contributed by atoms with van der Waals surface area (Å²) in [6.45, 7) is 5.26.